The highest BCUT2D eigenvalue weighted by molar-refractivity contribution is 5.92. The van der Waals surface area contributed by atoms with Crippen LogP contribution in [-0.2, 0) is 11.0 Å². The molecule has 1 aromatic carbocycles. The minimum absolute atomic E-state index is 0.0256. The number of carboxylic acid groups (broad SMARTS) is 1. The lowest BCUT2D eigenvalue weighted by molar-refractivity contribution is -0.155. The quantitative estimate of drug-likeness (QED) is 0.722. The van der Waals surface area contributed by atoms with E-state index in [9.17, 15) is 32.7 Å². The number of benzene rings is 1. The first-order valence-corrected chi connectivity index (χ1v) is 8.90. The van der Waals surface area contributed by atoms with Gasteiger partial charge in [0.25, 0.3) is 0 Å². The predicted octanol–water partition coefficient (Wildman–Crippen LogP) is 5.05. The second kappa shape index (κ2) is 7.53. The molecule has 0 bridgehead atoms. The maximum Gasteiger partial charge on any atom is 0.416 e. The van der Waals surface area contributed by atoms with Crippen LogP contribution in [0.1, 0.15) is 51.2 Å². The van der Waals surface area contributed by atoms with Gasteiger partial charge >= 0.3 is 12.1 Å². The third-order valence-corrected chi connectivity index (χ3v) is 5.42. The normalized spacial score (nSPS) is 28.0. The van der Waals surface area contributed by atoms with Crippen LogP contribution in [0, 0.1) is 34.4 Å². The molecule has 1 aliphatic heterocycles. The molecule has 0 aliphatic carbocycles. The molecule has 0 amide bonds. The fraction of sp³-hybridized carbons (Fsp3) is 0.550. The van der Waals surface area contributed by atoms with Crippen LogP contribution in [0.2, 0.25) is 0 Å². The van der Waals surface area contributed by atoms with E-state index in [0.29, 0.717) is 6.07 Å². The van der Waals surface area contributed by atoms with Crippen LogP contribution < -0.4 is 0 Å². The highest BCUT2D eigenvalue weighted by atomic mass is 19.4. The third kappa shape index (κ3) is 3.62. The molecule has 4 atom stereocenters. The molecule has 1 aliphatic rings. The Morgan fingerprint density at radius 3 is 2.46 bits per heavy atom. The Morgan fingerprint density at radius 1 is 1.39 bits per heavy atom. The Balaban J connectivity index is 2.91. The van der Waals surface area contributed by atoms with Crippen molar-refractivity contribution in [3.05, 3.63) is 35.1 Å². The molecule has 0 fully saturated rings. The van der Waals surface area contributed by atoms with Crippen LogP contribution in [0.3, 0.4) is 0 Å². The van der Waals surface area contributed by atoms with E-state index in [-0.39, 0.29) is 23.6 Å². The van der Waals surface area contributed by atoms with Crippen LogP contribution in [0.5, 0.6) is 0 Å². The summed E-state index contributed by atoms with van der Waals surface area (Å²) in [6.07, 6.45) is -4.87. The Bertz CT molecular complexity index is 842. The number of carbonyl (C=O) groups is 1. The number of nitriles is 1. The molecule has 4 nitrogen and oxygen atoms in total. The summed E-state index contributed by atoms with van der Waals surface area (Å²) in [4.78, 5) is 16.8. The van der Waals surface area contributed by atoms with Gasteiger partial charge in [-0.25, -0.2) is 4.39 Å². The summed E-state index contributed by atoms with van der Waals surface area (Å²) >= 11 is 0. The summed E-state index contributed by atoms with van der Waals surface area (Å²) in [6, 6.07) is 3.27. The number of rotatable bonds is 4. The van der Waals surface area contributed by atoms with Crippen molar-refractivity contribution in [3.63, 3.8) is 0 Å². The zero-order chi connectivity index (χ0) is 21.4. The van der Waals surface area contributed by atoms with E-state index in [1.54, 1.807) is 13.8 Å². The second-order valence-corrected chi connectivity index (χ2v) is 7.70. The lowest BCUT2D eigenvalue weighted by Crippen LogP contribution is -2.53. The summed E-state index contributed by atoms with van der Waals surface area (Å²) < 4.78 is 54.7. The molecule has 0 saturated heterocycles. The average Bonchev–Trinajstić information content (AvgIpc) is 2.55. The molecule has 0 saturated carbocycles. The van der Waals surface area contributed by atoms with Crippen molar-refractivity contribution in [2.24, 2.45) is 22.2 Å². The lowest BCUT2D eigenvalue weighted by atomic mass is 9.57. The molecule has 0 aromatic heterocycles. The van der Waals surface area contributed by atoms with Crippen LogP contribution in [0.4, 0.5) is 17.6 Å². The minimum atomic E-state index is -4.90. The number of hydrogen-bond donors (Lipinski definition) is 1. The smallest absolute Gasteiger partial charge is 0.416 e. The molecule has 152 valence electrons. The van der Waals surface area contributed by atoms with E-state index >= 15 is 0 Å². The zero-order valence-corrected chi connectivity index (χ0v) is 16.0. The maximum atomic E-state index is 13.7. The predicted molar refractivity (Wildman–Crippen MR) is 95.3 cm³/mol. The Kier molecular flexibility index (Phi) is 5.88. The summed E-state index contributed by atoms with van der Waals surface area (Å²) in [6.45, 7) is 6.57. The highest BCUT2D eigenvalue weighted by Gasteiger charge is 2.58. The van der Waals surface area contributed by atoms with Gasteiger partial charge in [0.2, 0.25) is 0 Å². The topological polar surface area (TPSA) is 73.4 Å². The van der Waals surface area contributed by atoms with Crippen LogP contribution in [-0.4, -0.2) is 22.8 Å². The summed E-state index contributed by atoms with van der Waals surface area (Å²) in [7, 11) is 0. The van der Waals surface area contributed by atoms with Gasteiger partial charge in [0.15, 0.2) is 0 Å². The number of nitrogens with zero attached hydrogens (tertiary/aromatic N) is 2. The number of alkyl halides is 3. The van der Waals surface area contributed by atoms with E-state index in [0.717, 1.165) is 12.1 Å². The van der Waals surface area contributed by atoms with Crippen LogP contribution in [0.25, 0.3) is 0 Å². The first kappa shape index (κ1) is 21.9. The zero-order valence-electron chi connectivity index (χ0n) is 16.0. The van der Waals surface area contributed by atoms with E-state index in [1.165, 1.54) is 13.8 Å². The van der Waals surface area contributed by atoms with Gasteiger partial charge in [-0.3, -0.25) is 9.79 Å². The molecule has 0 radical (unpaired) electrons. The molecule has 1 N–H and O–H groups in total. The first-order valence-electron chi connectivity index (χ1n) is 8.90. The maximum absolute atomic E-state index is 13.7. The molecular formula is C20H22F4N2O2. The van der Waals surface area contributed by atoms with E-state index in [4.69, 9.17) is 0 Å². The van der Waals surface area contributed by atoms with E-state index in [1.807, 2.05) is 6.07 Å². The van der Waals surface area contributed by atoms with Gasteiger partial charge in [0.05, 0.1) is 29.0 Å². The van der Waals surface area contributed by atoms with Crippen molar-refractivity contribution >= 4 is 11.7 Å². The molecule has 4 unspecified atom stereocenters. The number of carboxylic acids is 1. The third-order valence-electron chi connectivity index (χ3n) is 5.42. The monoisotopic (exact) mass is 398 g/mol. The van der Waals surface area contributed by atoms with Crippen LogP contribution >= 0.6 is 0 Å². The van der Waals surface area contributed by atoms with Gasteiger partial charge in [-0.05, 0) is 43.9 Å². The van der Waals surface area contributed by atoms with Crippen molar-refractivity contribution in [1.82, 2.24) is 0 Å². The molecule has 8 heteroatoms. The Labute approximate surface area is 160 Å². The Morgan fingerprint density at radius 2 is 2.00 bits per heavy atom. The SMILES string of the molecule is CC1=NC(C)C(CC(C)C)(C(=O)O)C(c2ccc(F)cc2C(F)(F)F)C1C#N. The van der Waals surface area contributed by atoms with E-state index < -0.39 is 46.8 Å². The Hall–Kier alpha value is -2.43. The molecule has 28 heavy (non-hydrogen) atoms. The van der Waals surface area contributed by atoms with Gasteiger partial charge in [-0.2, -0.15) is 18.4 Å². The fourth-order valence-corrected chi connectivity index (χ4v) is 4.34. The van der Waals surface area contributed by atoms with Crippen molar-refractivity contribution < 1.29 is 27.5 Å². The number of aliphatic carboxylic acids is 1. The molecule has 1 aromatic rings. The largest absolute Gasteiger partial charge is 0.481 e. The second-order valence-electron chi connectivity index (χ2n) is 7.70. The number of aliphatic imine (C=N–C) groups is 1. The summed E-state index contributed by atoms with van der Waals surface area (Å²) in [5.41, 5.74) is -3.09. The van der Waals surface area contributed by atoms with Gasteiger partial charge in [-0.15, -0.1) is 0 Å². The standard InChI is InChI=1S/C20H22F4N2O2/c1-10(2)8-19(18(27)28)12(4)26-11(3)15(9-25)17(19)14-6-5-13(21)7-16(14)20(22,23)24/h5-7,10,12,15,17H,8H2,1-4H3,(H,27,28). The molecule has 0 spiro atoms. The molecule has 1 heterocycles. The van der Waals surface area contributed by atoms with Gasteiger partial charge in [0, 0.05) is 11.6 Å². The molecular weight excluding hydrogens is 376 g/mol. The van der Waals surface area contributed by atoms with Gasteiger partial charge in [0.1, 0.15) is 5.82 Å². The summed E-state index contributed by atoms with van der Waals surface area (Å²) in [5.74, 6) is -5.06. The summed E-state index contributed by atoms with van der Waals surface area (Å²) in [5, 5.41) is 19.9. The number of hydrogen-bond acceptors (Lipinski definition) is 3. The van der Waals surface area contributed by atoms with Crippen molar-refractivity contribution in [2.75, 3.05) is 0 Å². The lowest BCUT2D eigenvalue weighted by Gasteiger charge is -2.47. The minimum Gasteiger partial charge on any atom is -0.481 e. The van der Waals surface area contributed by atoms with Crippen molar-refractivity contribution in [1.29, 1.82) is 5.26 Å². The highest BCUT2D eigenvalue weighted by Crippen LogP contribution is 2.54. The first-order chi connectivity index (χ1) is 12.9. The van der Waals surface area contributed by atoms with Crippen molar-refractivity contribution in [3.8, 4) is 6.07 Å². The van der Waals surface area contributed by atoms with Crippen LogP contribution in [0.15, 0.2) is 23.2 Å². The fourth-order valence-electron chi connectivity index (χ4n) is 4.34. The average molecular weight is 398 g/mol. The van der Waals surface area contributed by atoms with E-state index in [2.05, 4.69) is 4.99 Å². The van der Waals surface area contributed by atoms with Crippen molar-refractivity contribution in [2.45, 2.75) is 52.3 Å². The van der Waals surface area contributed by atoms with Gasteiger partial charge < -0.3 is 5.11 Å². The molecule has 2 rings (SSSR count). The number of halogens is 4. The van der Waals surface area contributed by atoms with Gasteiger partial charge in [-0.1, -0.05) is 19.9 Å².